The normalized spacial score (nSPS) is 11.8. The van der Waals surface area contributed by atoms with Crippen LogP contribution >= 0.6 is 11.6 Å². The lowest BCUT2D eigenvalue weighted by molar-refractivity contribution is -0.141. The van der Waals surface area contributed by atoms with Crippen LogP contribution in [0.5, 0.6) is 0 Å². The highest BCUT2D eigenvalue weighted by Crippen LogP contribution is 2.21. The van der Waals surface area contributed by atoms with Crippen molar-refractivity contribution in [2.24, 2.45) is 0 Å². The van der Waals surface area contributed by atoms with Crippen LogP contribution in [0.2, 0.25) is 5.02 Å². The molecule has 0 saturated heterocycles. The summed E-state index contributed by atoms with van der Waals surface area (Å²) >= 11 is 6.44. The summed E-state index contributed by atoms with van der Waals surface area (Å²) in [5.74, 6) is -0.281. The van der Waals surface area contributed by atoms with Crippen molar-refractivity contribution >= 4 is 23.4 Å². The van der Waals surface area contributed by atoms with Gasteiger partial charge >= 0.3 is 0 Å². The lowest BCUT2D eigenvalue weighted by Crippen LogP contribution is -2.52. The summed E-state index contributed by atoms with van der Waals surface area (Å²) in [6.07, 6.45) is 0.633. The van der Waals surface area contributed by atoms with Crippen molar-refractivity contribution in [2.75, 3.05) is 0 Å². The van der Waals surface area contributed by atoms with Crippen LogP contribution in [0.15, 0.2) is 78.9 Å². The van der Waals surface area contributed by atoms with Gasteiger partial charge in [-0.1, -0.05) is 90.0 Å². The summed E-state index contributed by atoms with van der Waals surface area (Å²) in [6.45, 7) is 6.11. The Kier molecular flexibility index (Phi) is 8.67. The number of aryl methyl sites for hydroxylation is 1. The number of benzene rings is 3. The van der Waals surface area contributed by atoms with Gasteiger partial charge in [0.1, 0.15) is 6.04 Å². The number of rotatable bonds is 9. The van der Waals surface area contributed by atoms with Gasteiger partial charge < -0.3 is 10.2 Å². The van der Waals surface area contributed by atoms with E-state index in [1.807, 2.05) is 93.6 Å². The molecule has 33 heavy (non-hydrogen) atoms. The number of halogens is 1. The number of amides is 2. The van der Waals surface area contributed by atoms with Crippen molar-refractivity contribution in [1.82, 2.24) is 10.2 Å². The molecule has 172 valence electrons. The van der Waals surface area contributed by atoms with E-state index in [-0.39, 0.29) is 30.8 Å². The molecule has 0 saturated carbocycles. The fourth-order valence-electron chi connectivity index (χ4n) is 3.73. The zero-order valence-electron chi connectivity index (χ0n) is 19.4. The molecule has 3 aromatic carbocycles. The van der Waals surface area contributed by atoms with Crippen molar-refractivity contribution < 1.29 is 9.59 Å². The first-order chi connectivity index (χ1) is 15.8. The van der Waals surface area contributed by atoms with Crippen molar-refractivity contribution in [3.63, 3.8) is 0 Å². The molecule has 0 aliphatic carbocycles. The molecule has 0 aliphatic rings. The molecule has 0 fully saturated rings. The predicted molar refractivity (Wildman–Crippen MR) is 134 cm³/mol. The second-order valence-electron chi connectivity index (χ2n) is 8.64. The average molecular weight is 463 g/mol. The molecule has 0 aliphatic heterocycles. The Bertz CT molecular complexity index is 1060. The highest BCUT2D eigenvalue weighted by molar-refractivity contribution is 6.31. The Morgan fingerprint density at radius 2 is 1.52 bits per heavy atom. The fraction of sp³-hybridized carbons (Fsp3) is 0.286. The molecule has 5 heteroatoms. The van der Waals surface area contributed by atoms with E-state index < -0.39 is 6.04 Å². The van der Waals surface area contributed by atoms with Crippen molar-refractivity contribution in [2.45, 2.75) is 52.2 Å². The van der Waals surface area contributed by atoms with Crippen molar-refractivity contribution in [3.05, 3.63) is 106 Å². The van der Waals surface area contributed by atoms with Crippen LogP contribution in [0.1, 0.15) is 36.1 Å². The Labute approximate surface area is 201 Å². The topological polar surface area (TPSA) is 49.4 Å². The molecule has 0 unspecified atom stereocenters. The first-order valence-corrected chi connectivity index (χ1v) is 11.6. The number of hydrogen-bond donors (Lipinski definition) is 1. The fourth-order valence-corrected chi connectivity index (χ4v) is 3.92. The molecule has 2 amide bonds. The van der Waals surface area contributed by atoms with E-state index in [9.17, 15) is 9.59 Å². The van der Waals surface area contributed by atoms with E-state index >= 15 is 0 Å². The van der Waals surface area contributed by atoms with Crippen LogP contribution in [0.3, 0.4) is 0 Å². The Morgan fingerprint density at radius 1 is 0.879 bits per heavy atom. The van der Waals surface area contributed by atoms with Gasteiger partial charge in [0.2, 0.25) is 11.8 Å². The maximum absolute atomic E-state index is 13.6. The smallest absolute Gasteiger partial charge is 0.243 e. The van der Waals surface area contributed by atoms with Gasteiger partial charge in [-0.25, -0.2) is 0 Å². The highest BCUT2D eigenvalue weighted by atomic mass is 35.5. The van der Waals surface area contributed by atoms with Gasteiger partial charge in [-0.3, -0.25) is 9.59 Å². The second-order valence-corrected chi connectivity index (χ2v) is 9.05. The summed E-state index contributed by atoms with van der Waals surface area (Å²) in [6, 6.07) is 24.5. The van der Waals surface area contributed by atoms with Crippen LogP contribution in [0.25, 0.3) is 0 Å². The molecule has 0 bridgehead atoms. The standard InChI is InChI=1S/C28H31ClN2O2/c1-20(2)30-28(33)26(17-22-9-5-4-6-10-22)31(19-24-11-7-8-12-25(24)29)27(32)18-23-15-13-21(3)14-16-23/h4-16,20,26H,17-19H2,1-3H3,(H,30,33)/t26-/m0/s1. The monoisotopic (exact) mass is 462 g/mol. The molecule has 0 spiro atoms. The summed E-state index contributed by atoms with van der Waals surface area (Å²) in [7, 11) is 0. The lowest BCUT2D eigenvalue weighted by Gasteiger charge is -2.32. The van der Waals surface area contributed by atoms with E-state index in [4.69, 9.17) is 11.6 Å². The quantitative estimate of drug-likeness (QED) is 0.465. The minimum atomic E-state index is -0.663. The first kappa shape index (κ1) is 24.5. The van der Waals surface area contributed by atoms with Gasteiger partial charge in [-0.05, 0) is 43.5 Å². The first-order valence-electron chi connectivity index (χ1n) is 11.3. The second kappa shape index (κ2) is 11.7. The maximum atomic E-state index is 13.6. The van der Waals surface area contributed by atoms with Gasteiger partial charge in [0.15, 0.2) is 0 Å². The van der Waals surface area contributed by atoms with Crippen LogP contribution in [-0.2, 0) is 29.0 Å². The average Bonchev–Trinajstić information content (AvgIpc) is 2.79. The number of carbonyl (C=O) groups excluding carboxylic acids is 2. The predicted octanol–water partition coefficient (Wildman–Crippen LogP) is 5.36. The summed E-state index contributed by atoms with van der Waals surface area (Å²) < 4.78 is 0. The van der Waals surface area contributed by atoms with Crippen LogP contribution in [-0.4, -0.2) is 28.8 Å². The van der Waals surface area contributed by atoms with Gasteiger partial charge in [0.05, 0.1) is 6.42 Å². The molecule has 1 atom stereocenters. The van der Waals surface area contributed by atoms with Gasteiger partial charge in [0.25, 0.3) is 0 Å². The largest absolute Gasteiger partial charge is 0.352 e. The van der Waals surface area contributed by atoms with E-state index in [1.54, 1.807) is 11.0 Å². The molecule has 3 rings (SSSR count). The van der Waals surface area contributed by atoms with Gasteiger partial charge in [0, 0.05) is 24.0 Å². The lowest BCUT2D eigenvalue weighted by atomic mass is 10.0. The molecular formula is C28H31ClN2O2. The third kappa shape index (κ3) is 7.19. The zero-order chi connectivity index (χ0) is 23.8. The zero-order valence-corrected chi connectivity index (χ0v) is 20.2. The van der Waals surface area contributed by atoms with Crippen LogP contribution in [0.4, 0.5) is 0 Å². The molecular weight excluding hydrogens is 432 g/mol. The maximum Gasteiger partial charge on any atom is 0.243 e. The van der Waals surface area contributed by atoms with Crippen LogP contribution in [0, 0.1) is 6.92 Å². The Morgan fingerprint density at radius 3 is 2.15 bits per heavy atom. The molecule has 4 nitrogen and oxygen atoms in total. The van der Waals surface area contributed by atoms with E-state index in [0.29, 0.717) is 11.4 Å². The number of nitrogens with one attached hydrogen (secondary N) is 1. The van der Waals surface area contributed by atoms with Crippen LogP contribution < -0.4 is 5.32 Å². The molecule has 0 radical (unpaired) electrons. The van der Waals surface area contributed by atoms with E-state index in [0.717, 1.165) is 22.3 Å². The number of nitrogens with zero attached hydrogens (tertiary/aromatic N) is 1. The van der Waals surface area contributed by atoms with Crippen molar-refractivity contribution in [3.8, 4) is 0 Å². The Hall–Kier alpha value is -3.11. The Balaban J connectivity index is 1.97. The van der Waals surface area contributed by atoms with Crippen molar-refractivity contribution in [1.29, 1.82) is 0 Å². The minimum Gasteiger partial charge on any atom is -0.352 e. The van der Waals surface area contributed by atoms with E-state index in [1.165, 1.54) is 0 Å². The van der Waals surface area contributed by atoms with Gasteiger partial charge in [-0.15, -0.1) is 0 Å². The summed E-state index contributed by atoms with van der Waals surface area (Å²) in [5, 5.41) is 3.58. The molecule has 1 N–H and O–H groups in total. The SMILES string of the molecule is Cc1ccc(CC(=O)N(Cc2ccccc2Cl)[C@@H](Cc2ccccc2)C(=O)NC(C)C)cc1. The molecule has 3 aromatic rings. The third-order valence-corrected chi connectivity index (χ3v) is 5.85. The van der Waals surface area contributed by atoms with Gasteiger partial charge in [-0.2, -0.15) is 0 Å². The van der Waals surface area contributed by atoms with E-state index in [2.05, 4.69) is 5.32 Å². The minimum absolute atomic E-state index is 0.0369. The highest BCUT2D eigenvalue weighted by Gasteiger charge is 2.31. The summed E-state index contributed by atoms with van der Waals surface area (Å²) in [4.78, 5) is 28.6. The molecule has 0 heterocycles. The molecule has 0 aromatic heterocycles. The number of hydrogen-bond acceptors (Lipinski definition) is 2. The number of carbonyl (C=O) groups is 2. The third-order valence-electron chi connectivity index (χ3n) is 5.48. The summed E-state index contributed by atoms with van der Waals surface area (Å²) in [5.41, 5.74) is 3.86.